The maximum Gasteiger partial charge on any atom is 0.331 e. The molecule has 1 heterocycles. The Bertz CT molecular complexity index is 818. The summed E-state index contributed by atoms with van der Waals surface area (Å²) in [5, 5.41) is 10.7. The van der Waals surface area contributed by atoms with Gasteiger partial charge in [-0.05, 0) is 36.2 Å². The molecule has 0 bridgehead atoms. The summed E-state index contributed by atoms with van der Waals surface area (Å²) in [6, 6.07) is 10.6. The highest BCUT2D eigenvalue weighted by Gasteiger charge is 2.71. The van der Waals surface area contributed by atoms with E-state index < -0.39 is 28.2 Å². The summed E-state index contributed by atoms with van der Waals surface area (Å²) in [5.74, 6) is -1.13. The third-order valence-electron chi connectivity index (χ3n) is 4.46. The van der Waals surface area contributed by atoms with Crippen LogP contribution in [0, 0.1) is 5.41 Å². The van der Waals surface area contributed by atoms with Crippen molar-refractivity contribution in [3.63, 3.8) is 0 Å². The number of aliphatic carboxylic acids is 1. The molecule has 0 saturated heterocycles. The molecule has 0 radical (unpaired) electrons. The van der Waals surface area contributed by atoms with Gasteiger partial charge in [-0.25, -0.2) is 4.79 Å². The molecule has 1 aliphatic rings. The summed E-state index contributed by atoms with van der Waals surface area (Å²) in [6.45, 7) is 3.52. The fourth-order valence-corrected chi connectivity index (χ4v) is 5.25. The minimum Gasteiger partial charge on any atom is -0.755 e. The summed E-state index contributed by atoms with van der Waals surface area (Å²) in [4.78, 5) is 12.7. The van der Waals surface area contributed by atoms with Gasteiger partial charge in [0, 0.05) is 26.6 Å². The first kappa shape index (κ1) is 17.4. The van der Waals surface area contributed by atoms with Gasteiger partial charge in [-0.3, -0.25) is 8.51 Å². The Labute approximate surface area is 151 Å². The molecule has 0 aliphatic heterocycles. The molecule has 0 spiro atoms. The second kappa shape index (κ2) is 5.84. The number of thiophene rings is 1. The van der Waals surface area contributed by atoms with Gasteiger partial charge in [0.2, 0.25) is 0 Å². The van der Waals surface area contributed by atoms with Crippen LogP contribution in [0.1, 0.15) is 20.3 Å². The molecule has 1 aromatic carbocycles. The van der Waals surface area contributed by atoms with E-state index >= 15 is 0 Å². The van der Waals surface area contributed by atoms with Crippen LogP contribution >= 0.6 is 22.9 Å². The minimum atomic E-state index is -2.68. The van der Waals surface area contributed by atoms with E-state index in [0.29, 0.717) is 10.0 Å². The van der Waals surface area contributed by atoms with E-state index in [1.165, 1.54) is 11.3 Å². The van der Waals surface area contributed by atoms with E-state index in [9.17, 15) is 18.7 Å². The smallest absolute Gasteiger partial charge is 0.331 e. The van der Waals surface area contributed by atoms with Crippen LogP contribution in [0.2, 0.25) is 5.02 Å². The summed E-state index contributed by atoms with van der Waals surface area (Å²) >= 11 is 4.44. The molecule has 8 heteroatoms. The lowest BCUT2D eigenvalue weighted by Gasteiger charge is -2.33. The second-order valence-corrected chi connectivity index (χ2v) is 8.68. The normalized spacial score (nSPS) is 22.8. The van der Waals surface area contributed by atoms with Crippen LogP contribution in [0.15, 0.2) is 36.4 Å². The third-order valence-corrected chi connectivity index (χ3v) is 6.76. The number of halogens is 1. The Kier molecular flexibility index (Phi) is 4.24. The van der Waals surface area contributed by atoms with E-state index in [-0.39, 0.29) is 6.42 Å². The van der Waals surface area contributed by atoms with Crippen LogP contribution in [-0.2, 0) is 16.1 Å². The Morgan fingerprint density at radius 1 is 1.29 bits per heavy atom. The number of anilines is 1. The molecule has 2 aromatic rings. The zero-order valence-corrected chi connectivity index (χ0v) is 15.4. The van der Waals surface area contributed by atoms with E-state index in [4.69, 9.17) is 11.6 Å². The number of nitrogens with zero attached hydrogens (tertiary/aromatic N) is 1. The van der Waals surface area contributed by atoms with Gasteiger partial charge < -0.3 is 9.66 Å². The SMILES string of the molecule is CC1(C)CC1(C(=O)O)N(c1ccc(-c2ccc(Cl)cc2)s1)S(=O)[O-]. The average molecular weight is 385 g/mol. The first-order valence-corrected chi connectivity index (χ1v) is 9.40. The van der Waals surface area contributed by atoms with Crippen molar-refractivity contribution < 1.29 is 18.7 Å². The summed E-state index contributed by atoms with van der Waals surface area (Å²) in [6.07, 6.45) is 0.275. The molecule has 0 amide bonds. The zero-order valence-electron chi connectivity index (χ0n) is 13.0. The van der Waals surface area contributed by atoms with Crippen molar-refractivity contribution in [1.82, 2.24) is 0 Å². The van der Waals surface area contributed by atoms with Crippen molar-refractivity contribution in [3.05, 3.63) is 41.4 Å². The quantitative estimate of drug-likeness (QED) is 0.792. The lowest BCUT2D eigenvalue weighted by atomic mass is 10.1. The van der Waals surface area contributed by atoms with Crippen molar-refractivity contribution in [2.45, 2.75) is 25.8 Å². The fraction of sp³-hybridized carbons (Fsp3) is 0.312. The van der Waals surface area contributed by atoms with Gasteiger partial charge in [0.05, 0.1) is 0 Å². The largest absolute Gasteiger partial charge is 0.755 e. The van der Waals surface area contributed by atoms with Gasteiger partial charge in [-0.1, -0.05) is 37.6 Å². The first-order valence-electron chi connectivity index (χ1n) is 7.18. The Morgan fingerprint density at radius 3 is 2.33 bits per heavy atom. The number of carboxylic acid groups (broad SMARTS) is 1. The molecule has 128 valence electrons. The molecule has 1 saturated carbocycles. The highest BCUT2D eigenvalue weighted by atomic mass is 35.5. The molecule has 1 aromatic heterocycles. The first-order chi connectivity index (χ1) is 11.2. The van der Waals surface area contributed by atoms with Crippen molar-refractivity contribution in [2.75, 3.05) is 4.31 Å². The van der Waals surface area contributed by atoms with Crippen molar-refractivity contribution in [2.24, 2.45) is 5.41 Å². The van der Waals surface area contributed by atoms with Gasteiger partial charge in [0.25, 0.3) is 0 Å². The average Bonchev–Trinajstić information content (AvgIpc) is 2.84. The molecule has 1 fully saturated rings. The van der Waals surface area contributed by atoms with Crippen molar-refractivity contribution >= 4 is 45.2 Å². The highest BCUT2D eigenvalue weighted by Crippen LogP contribution is 2.61. The van der Waals surface area contributed by atoms with Crippen LogP contribution < -0.4 is 4.31 Å². The molecule has 3 rings (SSSR count). The monoisotopic (exact) mass is 384 g/mol. The van der Waals surface area contributed by atoms with Crippen molar-refractivity contribution in [1.29, 1.82) is 0 Å². The minimum absolute atomic E-state index is 0.275. The molecular formula is C16H15ClNO4S2-. The number of hydrogen-bond donors (Lipinski definition) is 1. The summed E-state index contributed by atoms with van der Waals surface area (Å²) in [7, 11) is 0. The molecule has 2 unspecified atom stereocenters. The fourth-order valence-electron chi connectivity index (χ4n) is 2.99. The van der Waals surface area contributed by atoms with Gasteiger partial charge in [-0.15, -0.1) is 11.3 Å². The zero-order chi connectivity index (χ0) is 17.7. The van der Waals surface area contributed by atoms with Crippen LogP contribution in [0.5, 0.6) is 0 Å². The standard InChI is InChI=1S/C16H16ClNO4S2/c1-15(2)9-16(15,14(19)20)18(24(21)22)13-8-7-12(23-13)10-3-5-11(17)6-4-10/h3-8H,9H2,1-2H3,(H,19,20)(H,21,22)/p-1. The maximum absolute atomic E-state index is 11.8. The Balaban J connectivity index is 2.01. The molecule has 2 atom stereocenters. The predicted octanol–water partition coefficient (Wildman–Crippen LogP) is 3.92. The maximum atomic E-state index is 11.8. The number of benzene rings is 1. The van der Waals surface area contributed by atoms with E-state index in [1.54, 1.807) is 38.1 Å². The van der Waals surface area contributed by atoms with Crippen LogP contribution in [-0.4, -0.2) is 25.4 Å². The molecule has 1 N–H and O–H groups in total. The number of hydrogen-bond acceptors (Lipinski definition) is 4. The number of carboxylic acids is 1. The van der Waals surface area contributed by atoms with Crippen molar-refractivity contribution in [3.8, 4) is 10.4 Å². The van der Waals surface area contributed by atoms with Crippen LogP contribution in [0.3, 0.4) is 0 Å². The van der Waals surface area contributed by atoms with Crippen LogP contribution in [0.4, 0.5) is 5.00 Å². The molecule has 5 nitrogen and oxygen atoms in total. The molecule has 1 aliphatic carbocycles. The second-order valence-electron chi connectivity index (χ2n) is 6.38. The number of rotatable bonds is 5. The van der Waals surface area contributed by atoms with E-state index in [1.807, 2.05) is 12.1 Å². The van der Waals surface area contributed by atoms with Crippen LogP contribution in [0.25, 0.3) is 10.4 Å². The van der Waals surface area contributed by atoms with Gasteiger partial charge >= 0.3 is 5.97 Å². The lowest BCUT2D eigenvalue weighted by molar-refractivity contribution is -0.140. The molecular weight excluding hydrogens is 370 g/mol. The topological polar surface area (TPSA) is 80.7 Å². The Hall–Kier alpha value is -1.41. The van der Waals surface area contributed by atoms with E-state index in [2.05, 4.69) is 0 Å². The van der Waals surface area contributed by atoms with E-state index in [0.717, 1.165) is 14.7 Å². The van der Waals surface area contributed by atoms with Gasteiger partial charge in [0.1, 0.15) is 5.00 Å². The third kappa shape index (κ3) is 2.65. The Morgan fingerprint density at radius 2 is 1.88 bits per heavy atom. The predicted molar refractivity (Wildman–Crippen MR) is 94.9 cm³/mol. The summed E-state index contributed by atoms with van der Waals surface area (Å²) in [5.41, 5.74) is -1.16. The van der Waals surface area contributed by atoms with Gasteiger partial charge in [-0.2, -0.15) is 0 Å². The number of carbonyl (C=O) groups is 1. The van der Waals surface area contributed by atoms with Gasteiger partial charge in [0.15, 0.2) is 5.54 Å². The molecule has 24 heavy (non-hydrogen) atoms. The highest BCUT2D eigenvalue weighted by molar-refractivity contribution is 7.81. The summed E-state index contributed by atoms with van der Waals surface area (Å²) < 4.78 is 24.6. The lowest BCUT2D eigenvalue weighted by Crippen LogP contribution is -2.48.